The van der Waals surface area contributed by atoms with Crippen molar-refractivity contribution in [1.29, 1.82) is 0 Å². The zero-order valence-electron chi connectivity index (χ0n) is 11.2. The van der Waals surface area contributed by atoms with Crippen LogP contribution in [0.5, 0.6) is 0 Å². The van der Waals surface area contributed by atoms with Crippen LogP contribution in [0, 0.1) is 0 Å². The van der Waals surface area contributed by atoms with E-state index in [4.69, 9.17) is 4.28 Å². The summed E-state index contributed by atoms with van der Waals surface area (Å²) in [5.74, 6) is 0. The summed E-state index contributed by atoms with van der Waals surface area (Å²) < 4.78 is 16.4. The van der Waals surface area contributed by atoms with Crippen molar-refractivity contribution in [1.82, 2.24) is 21.9 Å². The van der Waals surface area contributed by atoms with Crippen LogP contribution < -0.4 is 16.9 Å². The van der Waals surface area contributed by atoms with Gasteiger partial charge in [0.15, 0.2) is 0 Å². The smallest absolute Gasteiger partial charge is 0.340 e. The molecule has 0 saturated heterocycles. The van der Waals surface area contributed by atoms with E-state index in [1.54, 1.807) is 48.8 Å². The SMILES string of the molecule is N.O=C(NCc1cccnc1)NOS(=O)c1ccccc1. The third kappa shape index (κ3) is 5.69. The Hall–Kier alpha value is -2.29. The maximum Gasteiger partial charge on any atom is 0.340 e. The Labute approximate surface area is 124 Å². The van der Waals surface area contributed by atoms with Gasteiger partial charge < -0.3 is 11.5 Å². The second-order valence-electron chi connectivity index (χ2n) is 3.78. The first-order valence-electron chi connectivity index (χ1n) is 5.82. The first-order chi connectivity index (χ1) is 9.75. The lowest BCUT2D eigenvalue weighted by Gasteiger charge is -2.06. The molecule has 1 aromatic heterocycles. The molecule has 0 saturated carbocycles. The number of nitrogens with one attached hydrogen (secondary N) is 2. The van der Waals surface area contributed by atoms with Gasteiger partial charge in [0.25, 0.3) is 0 Å². The van der Waals surface area contributed by atoms with Crippen LogP contribution in [-0.2, 0) is 21.9 Å². The molecule has 5 N–H and O–H groups in total. The highest BCUT2D eigenvalue weighted by Crippen LogP contribution is 2.04. The molecule has 2 aromatic rings. The highest BCUT2D eigenvalue weighted by molar-refractivity contribution is 7.80. The molecule has 1 heterocycles. The number of pyridine rings is 1. The Morgan fingerprint density at radius 3 is 2.62 bits per heavy atom. The van der Waals surface area contributed by atoms with Crippen LogP contribution in [-0.4, -0.2) is 15.2 Å². The molecule has 0 bridgehead atoms. The number of hydrogen-bond donors (Lipinski definition) is 3. The van der Waals surface area contributed by atoms with Crippen molar-refractivity contribution in [2.75, 3.05) is 0 Å². The second-order valence-corrected chi connectivity index (χ2v) is 4.88. The van der Waals surface area contributed by atoms with Crippen molar-refractivity contribution in [3.05, 3.63) is 60.4 Å². The molecule has 7 nitrogen and oxygen atoms in total. The van der Waals surface area contributed by atoms with Gasteiger partial charge in [-0.15, -0.1) is 0 Å². The van der Waals surface area contributed by atoms with Crippen molar-refractivity contribution in [2.45, 2.75) is 11.4 Å². The first kappa shape index (κ1) is 16.8. The number of carbonyl (C=O) groups is 1. The zero-order valence-corrected chi connectivity index (χ0v) is 12.0. The average Bonchev–Trinajstić information content (AvgIpc) is 2.52. The van der Waals surface area contributed by atoms with E-state index in [0.29, 0.717) is 11.4 Å². The summed E-state index contributed by atoms with van der Waals surface area (Å²) in [6, 6.07) is 11.6. The Balaban J connectivity index is 0.00000220. The molecular formula is C13H16N4O3S. The van der Waals surface area contributed by atoms with Gasteiger partial charge in [0.2, 0.25) is 11.1 Å². The quantitative estimate of drug-likeness (QED) is 0.727. The Kier molecular flexibility index (Phi) is 7.02. The summed E-state index contributed by atoms with van der Waals surface area (Å²) in [6.07, 6.45) is 3.29. The van der Waals surface area contributed by atoms with E-state index in [9.17, 15) is 9.00 Å². The van der Waals surface area contributed by atoms with Crippen molar-refractivity contribution < 1.29 is 13.3 Å². The maximum atomic E-state index is 11.7. The largest absolute Gasteiger partial charge is 0.344 e. The third-order valence-corrected chi connectivity index (χ3v) is 3.21. The fourth-order valence-corrected chi connectivity index (χ4v) is 2.00. The number of nitrogens with zero attached hydrogens (tertiary/aromatic N) is 1. The van der Waals surface area contributed by atoms with Crippen molar-refractivity contribution in [3.8, 4) is 0 Å². The summed E-state index contributed by atoms with van der Waals surface area (Å²) >= 11 is -1.74. The molecule has 8 heteroatoms. The zero-order chi connectivity index (χ0) is 14.2. The van der Waals surface area contributed by atoms with E-state index in [1.807, 2.05) is 6.07 Å². The number of amides is 2. The minimum atomic E-state index is -1.74. The molecule has 112 valence electrons. The number of hydroxylamine groups is 1. The van der Waals surface area contributed by atoms with Crippen LogP contribution in [0.3, 0.4) is 0 Å². The van der Waals surface area contributed by atoms with E-state index in [0.717, 1.165) is 5.56 Å². The van der Waals surface area contributed by atoms with Gasteiger partial charge in [-0.25, -0.2) is 14.5 Å². The highest BCUT2D eigenvalue weighted by atomic mass is 32.2. The Bertz CT molecular complexity index is 580. The lowest BCUT2D eigenvalue weighted by atomic mass is 10.3. The minimum Gasteiger partial charge on any atom is -0.344 e. The number of aromatic nitrogens is 1. The second kappa shape index (κ2) is 8.80. The molecule has 2 amide bonds. The normalized spacial score (nSPS) is 11.0. The van der Waals surface area contributed by atoms with Gasteiger partial charge in [-0.1, -0.05) is 24.3 Å². The lowest BCUT2D eigenvalue weighted by molar-refractivity contribution is 0.188. The van der Waals surface area contributed by atoms with Gasteiger partial charge in [0.1, 0.15) is 0 Å². The molecule has 1 unspecified atom stereocenters. The molecule has 0 spiro atoms. The first-order valence-corrected chi connectivity index (χ1v) is 6.90. The minimum absolute atomic E-state index is 0. The van der Waals surface area contributed by atoms with Crippen LogP contribution in [0.2, 0.25) is 0 Å². The standard InChI is InChI=1S/C13H13N3O3S.H3N/c17-13(15-10-11-5-4-8-14-9-11)16-19-20(18)12-6-2-1-3-7-12;/h1-9H,10H2,(H2,15,16,17);1H3. The molecule has 0 aliphatic rings. The van der Waals surface area contributed by atoms with Gasteiger partial charge in [0.05, 0.1) is 4.90 Å². The van der Waals surface area contributed by atoms with Crippen LogP contribution in [0.15, 0.2) is 59.8 Å². The summed E-state index contributed by atoms with van der Waals surface area (Å²) in [6.45, 7) is 0.307. The monoisotopic (exact) mass is 308 g/mol. The number of urea groups is 1. The molecule has 1 aromatic carbocycles. The Morgan fingerprint density at radius 1 is 1.19 bits per heavy atom. The van der Waals surface area contributed by atoms with Gasteiger partial charge >= 0.3 is 6.03 Å². The fraction of sp³-hybridized carbons (Fsp3) is 0.0769. The third-order valence-electron chi connectivity index (χ3n) is 2.32. The molecule has 1 atom stereocenters. The van der Waals surface area contributed by atoms with Gasteiger partial charge in [-0.3, -0.25) is 4.98 Å². The summed E-state index contributed by atoms with van der Waals surface area (Å²) in [5.41, 5.74) is 2.93. The predicted octanol–water partition coefficient (Wildman–Crippen LogP) is 1.70. The molecule has 0 fully saturated rings. The van der Waals surface area contributed by atoms with Crippen LogP contribution in [0.1, 0.15) is 5.56 Å². The van der Waals surface area contributed by atoms with Crippen molar-refractivity contribution in [2.24, 2.45) is 0 Å². The van der Waals surface area contributed by atoms with Crippen molar-refractivity contribution in [3.63, 3.8) is 0 Å². The number of hydrogen-bond acceptors (Lipinski definition) is 5. The van der Waals surface area contributed by atoms with Crippen LogP contribution >= 0.6 is 0 Å². The molecule has 0 aliphatic carbocycles. The number of rotatable bonds is 5. The molecular weight excluding hydrogens is 292 g/mol. The average molecular weight is 308 g/mol. The fourth-order valence-electron chi connectivity index (χ4n) is 1.38. The van der Waals surface area contributed by atoms with Crippen molar-refractivity contribution >= 4 is 17.1 Å². The van der Waals surface area contributed by atoms with E-state index in [1.165, 1.54) is 0 Å². The van der Waals surface area contributed by atoms with Gasteiger partial charge in [-0.05, 0) is 23.8 Å². The van der Waals surface area contributed by atoms with E-state index >= 15 is 0 Å². The van der Waals surface area contributed by atoms with Gasteiger partial charge in [-0.2, -0.15) is 4.28 Å². The predicted molar refractivity (Wildman–Crippen MR) is 78.6 cm³/mol. The molecule has 2 rings (SSSR count). The summed E-state index contributed by atoms with van der Waals surface area (Å²) in [7, 11) is 0. The van der Waals surface area contributed by atoms with E-state index in [2.05, 4.69) is 15.8 Å². The van der Waals surface area contributed by atoms with Crippen LogP contribution in [0.4, 0.5) is 4.79 Å². The molecule has 0 radical (unpaired) electrons. The van der Waals surface area contributed by atoms with E-state index in [-0.39, 0.29) is 6.15 Å². The molecule has 21 heavy (non-hydrogen) atoms. The molecule has 0 aliphatic heterocycles. The number of benzene rings is 1. The summed E-state index contributed by atoms with van der Waals surface area (Å²) in [5, 5.41) is 2.56. The number of carbonyl (C=O) groups excluding carboxylic acids is 1. The highest BCUT2D eigenvalue weighted by Gasteiger charge is 2.06. The van der Waals surface area contributed by atoms with Gasteiger partial charge in [0, 0.05) is 18.9 Å². The maximum absolute atomic E-state index is 11.7. The Morgan fingerprint density at radius 2 is 1.95 bits per heavy atom. The summed E-state index contributed by atoms with van der Waals surface area (Å²) in [4.78, 5) is 15.8. The van der Waals surface area contributed by atoms with Crippen LogP contribution in [0.25, 0.3) is 0 Å². The topological polar surface area (TPSA) is 115 Å². The van der Waals surface area contributed by atoms with E-state index < -0.39 is 17.1 Å². The lowest BCUT2D eigenvalue weighted by Crippen LogP contribution is -2.35.